The van der Waals surface area contributed by atoms with Gasteiger partial charge < -0.3 is 15.2 Å². The fourth-order valence-electron chi connectivity index (χ4n) is 0.806. The van der Waals surface area contributed by atoms with Crippen LogP contribution in [0.5, 0.6) is 11.6 Å². The molecule has 0 aromatic carbocycles. The number of carbonyl (C=O) groups excluding carboxylic acids is 1. The third-order valence-electron chi connectivity index (χ3n) is 1.30. The number of hydrogen-bond acceptors (Lipinski definition) is 5. The quantitative estimate of drug-likeness (QED) is 0.678. The summed E-state index contributed by atoms with van der Waals surface area (Å²) >= 11 is 0. The Balaban J connectivity index is 2.99. The highest BCUT2D eigenvalue weighted by Gasteiger charge is 2.08. The Labute approximate surface area is 75.5 Å². The molecule has 5 nitrogen and oxygen atoms in total. The minimum atomic E-state index is -0.449. The highest BCUT2D eigenvalue weighted by atomic mass is 16.6. The van der Waals surface area contributed by atoms with Crippen LogP contribution in [-0.4, -0.2) is 18.1 Å². The Kier molecular flexibility index (Phi) is 2.69. The molecule has 70 valence electrons. The lowest BCUT2D eigenvalue weighted by atomic mass is 10.4. The summed E-state index contributed by atoms with van der Waals surface area (Å²) in [6.45, 7) is 1.29. The number of esters is 1. The molecule has 0 fully saturated rings. The summed E-state index contributed by atoms with van der Waals surface area (Å²) in [4.78, 5) is 14.4. The lowest BCUT2D eigenvalue weighted by Crippen LogP contribution is -2.05. The molecule has 0 saturated carbocycles. The number of anilines is 1. The van der Waals surface area contributed by atoms with E-state index in [-0.39, 0.29) is 5.88 Å². The molecule has 0 unspecified atom stereocenters. The van der Waals surface area contributed by atoms with Crippen LogP contribution in [0.15, 0.2) is 12.3 Å². The monoisotopic (exact) mass is 182 g/mol. The van der Waals surface area contributed by atoms with Crippen LogP contribution in [0.4, 0.5) is 5.69 Å². The molecule has 0 aliphatic carbocycles. The lowest BCUT2D eigenvalue weighted by Gasteiger charge is -2.06. The van der Waals surface area contributed by atoms with Crippen molar-refractivity contribution in [3.05, 3.63) is 12.3 Å². The molecule has 1 heterocycles. The van der Waals surface area contributed by atoms with Gasteiger partial charge in [-0.3, -0.25) is 4.79 Å². The van der Waals surface area contributed by atoms with Gasteiger partial charge in [-0.25, -0.2) is 4.98 Å². The standard InChI is InChI=1S/C8H10N2O3/c1-5(11)13-8-7(12-2)3-6(9)4-10-8/h3-4H,9H2,1-2H3. The van der Waals surface area contributed by atoms with Gasteiger partial charge in [0.25, 0.3) is 5.88 Å². The van der Waals surface area contributed by atoms with Gasteiger partial charge in [0.2, 0.25) is 0 Å². The average molecular weight is 182 g/mol. The number of pyridine rings is 1. The zero-order valence-corrected chi connectivity index (χ0v) is 7.40. The number of nitrogens with zero attached hydrogens (tertiary/aromatic N) is 1. The van der Waals surface area contributed by atoms with Gasteiger partial charge in [-0.05, 0) is 0 Å². The largest absolute Gasteiger partial charge is 0.491 e. The number of nitrogens with two attached hydrogens (primary N) is 1. The molecule has 2 N–H and O–H groups in total. The van der Waals surface area contributed by atoms with Crippen molar-refractivity contribution in [2.24, 2.45) is 0 Å². The minimum absolute atomic E-state index is 0.129. The second-order valence-electron chi connectivity index (χ2n) is 2.37. The molecule has 1 rings (SSSR count). The molecule has 1 aromatic heterocycles. The molecular weight excluding hydrogens is 172 g/mol. The van der Waals surface area contributed by atoms with Gasteiger partial charge in [0, 0.05) is 13.0 Å². The summed E-state index contributed by atoms with van der Waals surface area (Å²) in [6.07, 6.45) is 1.39. The molecule has 13 heavy (non-hydrogen) atoms. The summed E-state index contributed by atoms with van der Waals surface area (Å²) in [5.41, 5.74) is 5.90. The maximum absolute atomic E-state index is 10.6. The van der Waals surface area contributed by atoms with Crippen LogP contribution in [0.2, 0.25) is 0 Å². The molecule has 0 bridgehead atoms. The van der Waals surface area contributed by atoms with Gasteiger partial charge in [-0.2, -0.15) is 0 Å². The maximum atomic E-state index is 10.6. The first kappa shape index (κ1) is 9.31. The zero-order chi connectivity index (χ0) is 9.84. The van der Waals surface area contributed by atoms with E-state index >= 15 is 0 Å². The first-order valence-electron chi connectivity index (χ1n) is 3.61. The van der Waals surface area contributed by atoms with E-state index in [1.165, 1.54) is 26.3 Å². The number of rotatable bonds is 2. The van der Waals surface area contributed by atoms with Crippen LogP contribution in [0.3, 0.4) is 0 Å². The highest BCUT2D eigenvalue weighted by molar-refractivity contribution is 5.69. The highest BCUT2D eigenvalue weighted by Crippen LogP contribution is 2.25. The van der Waals surface area contributed by atoms with Crippen molar-refractivity contribution in [1.82, 2.24) is 4.98 Å². The van der Waals surface area contributed by atoms with E-state index in [2.05, 4.69) is 4.98 Å². The van der Waals surface area contributed by atoms with Crippen LogP contribution in [0.25, 0.3) is 0 Å². The summed E-state index contributed by atoms with van der Waals surface area (Å²) < 4.78 is 9.67. The Morgan fingerprint density at radius 2 is 2.31 bits per heavy atom. The van der Waals surface area contributed by atoms with Gasteiger partial charge in [0.15, 0.2) is 5.75 Å². The van der Waals surface area contributed by atoms with E-state index in [9.17, 15) is 4.79 Å². The Hall–Kier alpha value is -1.78. The second kappa shape index (κ2) is 3.75. The fraction of sp³-hybridized carbons (Fsp3) is 0.250. The predicted octanol–water partition coefficient (Wildman–Crippen LogP) is 0.598. The van der Waals surface area contributed by atoms with Gasteiger partial charge in [-0.15, -0.1) is 0 Å². The van der Waals surface area contributed by atoms with E-state index in [1.807, 2.05) is 0 Å². The third-order valence-corrected chi connectivity index (χ3v) is 1.30. The lowest BCUT2D eigenvalue weighted by molar-refractivity contribution is -0.132. The average Bonchev–Trinajstić information content (AvgIpc) is 2.07. The molecule has 0 radical (unpaired) electrons. The molecule has 5 heteroatoms. The van der Waals surface area contributed by atoms with Crippen LogP contribution in [0, 0.1) is 0 Å². The van der Waals surface area contributed by atoms with E-state index < -0.39 is 5.97 Å². The second-order valence-corrected chi connectivity index (χ2v) is 2.37. The van der Waals surface area contributed by atoms with Crippen molar-refractivity contribution < 1.29 is 14.3 Å². The number of hydrogen-bond donors (Lipinski definition) is 1. The maximum Gasteiger partial charge on any atom is 0.309 e. The summed E-state index contributed by atoms with van der Waals surface area (Å²) in [5.74, 6) is 0.0231. The molecule has 1 aromatic rings. The van der Waals surface area contributed by atoms with Crippen LogP contribution in [0.1, 0.15) is 6.92 Å². The number of ether oxygens (including phenoxy) is 2. The van der Waals surface area contributed by atoms with Crippen LogP contribution >= 0.6 is 0 Å². The van der Waals surface area contributed by atoms with Crippen molar-refractivity contribution in [3.8, 4) is 11.6 Å². The number of nitrogen functional groups attached to an aromatic ring is 1. The third kappa shape index (κ3) is 2.33. The number of carbonyl (C=O) groups is 1. The van der Waals surface area contributed by atoms with E-state index in [4.69, 9.17) is 15.2 Å². The Bertz CT molecular complexity index is 325. The molecular formula is C8H10N2O3. The summed E-state index contributed by atoms with van der Waals surface area (Å²) in [6, 6.07) is 1.53. The van der Waals surface area contributed by atoms with Gasteiger partial charge in [0.05, 0.1) is 19.0 Å². The molecule has 0 amide bonds. The van der Waals surface area contributed by atoms with Gasteiger partial charge >= 0.3 is 5.97 Å². The first-order chi connectivity index (χ1) is 6.13. The SMILES string of the molecule is COc1cc(N)cnc1OC(C)=O. The Morgan fingerprint density at radius 3 is 2.85 bits per heavy atom. The summed E-state index contributed by atoms with van der Waals surface area (Å²) in [7, 11) is 1.45. The minimum Gasteiger partial charge on any atom is -0.491 e. The molecule has 0 atom stereocenters. The van der Waals surface area contributed by atoms with Crippen molar-refractivity contribution in [3.63, 3.8) is 0 Å². The summed E-state index contributed by atoms with van der Waals surface area (Å²) in [5, 5.41) is 0. The Morgan fingerprint density at radius 1 is 1.62 bits per heavy atom. The first-order valence-corrected chi connectivity index (χ1v) is 3.61. The number of methoxy groups -OCH3 is 1. The number of aromatic nitrogens is 1. The normalized spacial score (nSPS) is 9.38. The predicted molar refractivity (Wildman–Crippen MR) is 46.5 cm³/mol. The van der Waals surface area contributed by atoms with Crippen molar-refractivity contribution >= 4 is 11.7 Å². The van der Waals surface area contributed by atoms with E-state index in [0.717, 1.165) is 0 Å². The molecule has 0 aliphatic rings. The van der Waals surface area contributed by atoms with Crippen molar-refractivity contribution in [2.45, 2.75) is 6.92 Å². The van der Waals surface area contributed by atoms with Crippen LogP contribution in [-0.2, 0) is 4.79 Å². The van der Waals surface area contributed by atoms with Crippen LogP contribution < -0.4 is 15.2 Å². The zero-order valence-electron chi connectivity index (χ0n) is 7.40. The van der Waals surface area contributed by atoms with Gasteiger partial charge in [-0.1, -0.05) is 0 Å². The van der Waals surface area contributed by atoms with Crippen molar-refractivity contribution in [1.29, 1.82) is 0 Å². The van der Waals surface area contributed by atoms with E-state index in [1.54, 1.807) is 0 Å². The molecule has 0 aliphatic heterocycles. The topological polar surface area (TPSA) is 74.4 Å². The fourth-order valence-corrected chi connectivity index (χ4v) is 0.806. The van der Waals surface area contributed by atoms with Gasteiger partial charge in [0.1, 0.15) is 0 Å². The smallest absolute Gasteiger partial charge is 0.309 e. The van der Waals surface area contributed by atoms with E-state index in [0.29, 0.717) is 11.4 Å². The van der Waals surface area contributed by atoms with Crippen molar-refractivity contribution in [2.75, 3.05) is 12.8 Å². The molecule has 0 saturated heterocycles. The molecule has 0 spiro atoms.